The summed E-state index contributed by atoms with van der Waals surface area (Å²) in [6.45, 7) is 1.81. The van der Waals surface area contributed by atoms with Gasteiger partial charge in [-0.15, -0.1) is 0 Å². The highest BCUT2D eigenvalue weighted by atomic mass is 16.3. The van der Waals surface area contributed by atoms with Crippen LogP contribution in [0.25, 0.3) is 10.8 Å². The smallest absolute Gasteiger partial charge is 0.290 e. The van der Waals surface area contributed by atoms with Crippen LogP contribution in [0.2, 0.25) is 0 Å². The molecule has 2 N–H and O–H groups in total. The minimum Gasteiger partial charge on any atom is -0.507 e. The molecular weight excluding hydrogens is 266 g/mol. The van der Waals surface area contributed by atoms with Crippen molar-refractivity contribution in [3.8, 4) is 5.75 Å². The van der Waals surface area contributed by atoms with Gasteiger partial charge in [0.1, 0.15) is 5.75 Å². The van der Waals surface area contributed by atoms with Gasteiger partial charge in [0, 0.05) is 18.8 Å². The monoisotopic (exact) mass is 281 g/mol. The molecule has 3 rings (SSSR count). The van der Waals surface area contributed by atoms with Crippen molar-refractivity contribution in [2.24, 2.45) is 12.0 Å². The van der Waals surface area contributed by atoms with Crippen molar-refractivity contribution in [2.45, 2.75) is 6.92 Å². The minimum atomic E-state index is -0.244. The number of aromatic amines is 1. The minimum absolute atomic E-state index is 0.141. The predicted octanol–water partition coefficient (Wildman–Crippen LogP) is 2.63. The van der Waals surface area contributed by atoms with Gasteiger partial charge in [0.15, 0.2) is 5.69 Å². The second kappa shape index (κ2) is 4.94. The Hall–Kier alpha value is -2.82. The van der Waals surface area contributed by atoms with Gasteiger partial charge in [-0.2, -0.15) is 0 Å². The van der Waals surface area contributed by atoms with Gasteiger partial charge >= 0.3 is 0 Å². The highest BCUT2D eigenvalue weighted by Crippen LogP contribution is 2.26. The van der Waals surface area contributed by atoms with E-state index in [0.29, 0.717) is 11.3 Å². The Bertz CT molecular complexity index is 904. The molecule has 1 aromatic heterocycles. The third-order valence-electron chi connectivity index (χ3n) is 3.60. The molecule has 106 valence electrons. The number of phenols is 1. The number of hydrogen-bond acceptors (Lipinski definition) is 3. The summed E-state index contributed by atoms with van der Waals surface area (Å²) in [6.07, 6.45) is 1.54. The summed E-state index contributed by atoms with van der Waals surface area (Å²) in [5, 5.41) is 14.6. The second-order valence-corrected chi connectivity index (χ2v) is 4.91. The normalized spacial score (nSPS) is 11.5. The Balaban J connectivity index is 2.15. The number of rotatable bonds is 2. The quantitative estimate of drug-likeness (QED) is 0.709. The standard InChI is InChI=1S/C16H15N3O2/c1-10-15(16(21)18-19(10)2)17-9-13-12-6-4-3-5-11(12)7-8-14(13)20/h3-9,20H,1-2H3,(H,18,21). The van der Waals surface area contributed by atoms with E-state index in [4.69, 9.17) is 0 Å². The lowest BCUT2D eigenvalue weighted by Crippen LogP contribution is -2.01. The molecule has 0 amide bonds. The van der Waals surface area contributed by atoms with Crippen molar-refractivity contribution in [3.05, 3.63) is 58.0 Å². The first-order valence-electron chi connectivity index (χ1n) is 6.58. The van der Waals surface area contributed by atoms with Crippen LogP contribution in [0.3, 0.4) is 0 Å². The zero-order valence-electron chi connectivity index (χ0n) is 11.8. The molecule has 2 aromatic carbocycles. The molecule has 0 saturated heterocycles. The third kappa shape index (κ3) is 2.23. The number of nitrogens with zero attached hydrogens (tertiary/aromatic N) is 2. The predicted molar refractivity (Wildman–Crippen MR) is 83.6 cm³/mol. The molecule has 0 radical (unpaired) electrons. The number of benzene rings is 2. The Kier molecular flexibility index (Phi) is 3.10. The number of aryl methyl sites for hydroxylation is 1. The number of hydrogen-bond donors (Lipinski definition) is 2. The molecule has 21 heavy (non-hydrogen) atoms. The van der Waals surface area contributed by atoms with Crippen LogP contribution in [0, 0.1) is 6.92 Å². The maximum Gasteiger partial charge on any atom is 0.290 e. The van der Waals surface area contributed by atoms with E-state index in [0.717, 1.165) is 16.5 Å². The number of aromatic nitrogens is 2. The average molecular weight is 281 g/mol. The van der Waals surface area contributed by atoms with Crippen molar-refractivity contribution >= 4 is 22.7 Å². The maximum absolute atomic E-state index is 11.8. The van der Waals surface area contributed by atoms with Crippen LogP contribution in [-0.4, -0.2) is 21.1 Å². The molecule has 0 aliphatic carbocycles. The van der Waals surface area contributed by atoms with Gasteiger partial charge in [-0.1, -0.05) is 30.3 Å². The number of aromatic hydroxyl groups is 1. The van der Waals surface area contributed by atoms with E-state index >= 15 is 0 Å². The van der Waals surface area contributed by atoms with Crippen LogP contribution in [0.4, 0.5) is 5.69 Å². The van der Waals surface area contributed by atoms with Gasteiger partial charge < -0.3 is 5.11 Å². The molecule has 0 unspecified atom stereocenters. The summed E-state index contributed by atoms with van der Waals surface area (Å²) < 4.78 is 1.62. The summed E-state index contributed by atoms with van der Waals surface area (Å²) in [4.78, 5) is 16.0. The van der Waals surface area contributed by atoms with E-state index < -0.39 is 0 Å². The topological polar surface area (TPSA) is 70.4 Å². The Morgan fingerprint density at radius 1 is 1.24 bits per heavy atom. The van der Waals surface area contributed by atoms with E-state index in [-0.39, 0.29) is 11.3 Å². The highest BCUT2D eigenvalue weighted by molar-refractivity contribution is 6.03. The summed E-state index contributed by atoms with van der Waals surface area (Å²) >= 11 is 0. The second-order valence-electron chi connectivity index (χ2n) is 4.91. The molecule has 0 spiro atoms. The van der Waals surface area contributed by atoms with Gasteiger partial charge in [-0.05, 0) is 23.8 Å². The number of nitrogens with one attached hydrogen (secondary N) is 1. The zero-order chi connectivity index (χ0) is 15.0. The van der Waals surface area contributed by atoms with Crippen LogP contribution < -0.4 is 5.56 Å². The lowest BCUT2D eigenvalue weighted by molar-refractivity contribution is 0.475. The first-order chi connectivity index (χ1) is 10.1. The van der Waals surface area contributed by atoms with Crippen molar-refractivity contribution in [2.75, 3.05) is 0 Å². The van der Waals surface area contributed by atoms with Gasteiger partial charge in [0.25, 0.3) is 5.56 Å². The molecule has 0 aliphatic heterocycles. The Labute approximate surface area is 121 Å². The van der Waals surface area contributed by atoms with Gasteiger partial charge in [0.05, 0.1) is 5.69 Å². The molecule has 0 atom stereocenters. The summed E-state index contributed by atoms with van der Waals surface area (Å²) in [7, 11) is 1.76. The first kappa shape index (κ1) is 13.2. The van der Waals surface area contributed by atoms with Crippen molar-refractivity contribution < 1.29 is 5.11 Å². The molecule has 3 aromatic rings. The fraction of sp³-hybridized carbons (Fsp3) is 0.125. The van der Waals surface area contributed by atoms with Gasteiger partial charge in [-0.25, -0.2) is 4.99 Å². The molecule has 0 saturated carbocycles. The Morgan fingerprint density at radius 3 is 2.71 bits per heavy atom. The number of H-pyrrole nitrogens is 1. The number of phenolic OH excluding ortho intramolecular Hbond substituents is 1. The van der Waals surface area contributed by atoms with E-state index in [9.17, 15) is 9.90 Å². The van der Waals surface area contributed by atoms with Gasteiger partial charge in [0.2, 0.25) is 0 Å². The van der Waals surface area contributed by atoms with E-state index in [1.165, 1.54) is 6.21 Å². The lowest BCUT2D eigenvalue weighted by atomic mass is 10.0. The van der Waals surface area contributed by atoms with Crippen molar-refractivity contribution in [3.63, 3.8) is 0 Å². The maximum atomic E-state index is 11.8. The van der Waals surface area contributed by atoms with Crippen molar-refractivity contribution in [1.82, 2.24) is 9.78 Å². The third-order valence-corrected chi connectivity index (χ3v) is 3.60. The fourth-order valence-corrected chi connectivity index (χ4v) is 2.31. The molecule has 5 nitrogen and oxygen atoms in total. The van der Waals surface area contributed by atoms with Crippen LogP contribution in [0.5, 0.6) is 5.75 Å². The fourth-order valence-electron chi connectivity index (χ4n) is 2.31. The van der Waals surface area contributed by atoms with Crippen LogP contribution in [0.1, 0.15) is 11.3 Å². The molecule has 1 heterocycles. The van der Waals surface area contributed by atoms with E-state index in [2.05, 4.69) is 10.1 Å². The van der Waals surface area contributed by atoms with Crippen LogP contribution in [0.15, 0.2) is 46.2 Å². The first-order valence-corrected chi connectivity index (χ1v) is 6.58. The van der Waals surface area contributed by atoms with E-state index in [1.54, 1.807) is 17.8 Å². The molecule has 5 heteroatoms. The van der Waals surface area contributed by atoms with Crippen LogP contribution >= 0.6 is 0 Å². The average Bonchev–Trinajstić information content (AvgIpc) is 2.72. The Morgan fingerprint density at radius 2 is 2.00 bits per heavy atom. The molecular formula is C16H15N3O2. The zero-order valence-corrected chi connectivity index (χ0v) is 11.8. The van der Waals surface area contributed by atoms with Gasteiger partial charge in [-0.3, -0.25) is 14.6 Å². The molecule has 0 aliphatic rings. The SMILES string of the molecule is Cc1c(N=Cc2c(O)ccc3ccccc23)c(=O)[nH]n1C. The summed E-state index contributed by atoms with van der Waals surface area (Å²) in [6, 6.07) is 11.2. The molecule has 0 bridgehead atoms. The molecule has 0 fully saturated rings. The highest BCUT2D eigenvalue weighted by Gasteiger charge is 2.08. The summed E-state index contributed by atoms with van der Waals surface area (Å²) in [5.74, 6) is 0.141. The number of aliphatic imine (C=N–C) groups is 1. The van der Waals surface area contributed by atoms with Crippen LogP contribution in [-0.2, 0) is 7.05 Å². The van der Waals surface area contributed by atoms with E-state index in [1.807, 2.05) is 37.3 Å². The largest absolute Gasteiger partial charge is 0.507 e. The number of fused-ring (bicyclic) bond motifs is 1. The van der Waals surface area contributed by atoms with Crippen molar-refractivity contribution in [1.29, 1.82) is 0 Å². The lowest BCUT2D eigenvalue weighted by Gasteiger charge is -2.04. The summed E-state index contributed by atoms with van der Waals surface area (Å²) in [5.41, 5.74) is 1.46.